The fourth-order valence-electron chi connectivity index (χ4n) is 3.01. The van der Waals surface area contributed by atoms with Gasteiger partial charge in [-0.15, -0.1) is 21.5 Å². The highest BCUT2D eigenvalue weighted by atomic mass is 79.9. The molecule has 0 saturated carbocycles. The molecule has 0 aliphatic carbocycles. The van der Waals surface area contributed by atoms with Crippen molar-refractivity contribution in [2.75, 3.05) is 7.11 Å². The lowest BCUT2D eigenvalue weighted by Crippen LogP contribution is -2.13. The molecule has 10 heteroatoms. The van der Waals surface area contributed by atoms with Gasteiger partial charge in [-0.25, -0.2) is 4.98 Å². The quantitative estimate of drug-likeness (QED) is 0.271. The van der Waals surface area contributed by atoms with E-state index in [1.807, 2.05) is 25.1 Å². The second kappa shape index (κ2) is 8.88. The van der Waals surface area contributed by atoms with E-state index in [0.29, 0.717) is 17.3 Å². The molecule has 1 unspecified atom stereocenters. The summed E-state index contributed by atoms with van der Waals surface area (Å²) in [5.41, 5.74) is 3.51. The predicted octanol–water partition coefficient (Wildman–Crippen LogP) is 4.86. The number of hydrogen-bond donors (Lipinski definition) is 0. The van der Waals surface area contributed by atoms with E-state index in [1.54, 1.807) is 23.7 Å². The summed E-state index contributed by atoms with van der Waals surface area (Å²) >= 11 is 5.10. The van der Waals surface area contributed by atoms with E-state index in [-0.39, 0.29) is 0 Å². The number of oxime groups is 1. The number of rotatable bonds is 7. The van der Waals surface area contributed by atoms with Crippen molar-refractivity contribution < 1.29 is 14.0 Å². The summed E-state index contributed by atoms with van der Waals surface area (Å²) in [5.74, 6) is 0.987. The van der Waals surface area contributed by atoms with E-state index >= 15 is 0 Å². The fraction of sp³-hybridized carbons (Fsp3) is 0.250. The number of thiazole rings is 1. The first-order valence-electron chi connectivity index (χ1n) is 9.13. The van der Waals surface area contributed by atoms with Crippen LogP contribution in [0.25, 0.3) is 10.2 Å². The van der Waals surface area contributed by atoms with Gasteiger partial charge in [0, 0.05) is 16.2 Å². The molecule has 3 heterocycles. The van der Waals surface area contributed by atoms with Gasteiger partial charge in [-0.05, 0) is 53.0 Å². The van der Waals surface area contributed by atoms with Crippen molar-refractivity contribution >= 4 is 43.7 Å². The van der Waals surface area contributed by atoms with E-state index in [0.717, 1.165) is 37.2 Å². The van der Waals surface area contributed by atoms with Crippen molar-refractivity contribution in [3.63, 3.8) is 0 Å². The zero-order chi connectivity index (χ0) is 21.1. The van der Waals surface area contributed by atoms with Crippen molar-refractivity contribution in [2.45, 2.75) is 26.4 Å². The van der Waals surface area contributed by atoms with E-state index in [4.69, 9.17) is 14.0 Å². The fourth-order valence-corrected chi connectivity index (χ4v) is 4.23. The Morgan fingerprint density at radius 1 is 1.33 bits per heavy atom. The second-order valence-corrected chi connectivity index (χ2v) is 8.43. The molecule has 154 valence electrons. The molecule has 0 aliphatic rings. The summed E-state index contributed by atoms with van der Waals surface area (Å²) in [5, 5.41) is 12.7. The summed E-state index contributed by atoms with van der Waals surface area (Å²) in [4.78, 5) is 13.9. The Balaban J connectivity index is 1.76. The molecule has 0 bridgehead atoms. The lowest BCUT2D eigenvalue weighted by atomic mass is 10.1. The highest BCUT2D eigenvalue weighted by Gasteiger charge is 2.25. The van der Waals surface area contributed by atoms with Crippen LogP contribution in [0.1, 0.15) is 40.7 Å². The van der Waals surface area contributed by atoms with Gasteiger partial charge in [0.05, 0.1) is 27.1 Å². The topological polar surface area (TPSA) is 95.5 Å². The third-order valence-electron chi connectivity index (χ3n) is 4.36. The SMILES string of the molecule is CCc1cc(OC(c2cc(/C=N/OC)c(Br)cn2)c2nnco2)cc2sc(C)nc12. The van der Waals surface area contributed by atoms with Crippen molar-refractivity contribution in [1.82, 2.24) is 20.2 Å². The van der Waals surface area contributed by atoms with Gasteiger partial charge in [-0.1, -0.05) is 12.1 Å². The number of aromatic nitrogens is 4. The Morgan fingerprint density at radius 2 is 2.20 bits per heavy atom. The van der Waals surface area contributed by atoms with Crippen molar-refractivity contribution in [1.29, 1.82) is 0 Å². The van der Waals surface area contributed by atoms with Crippen LogP contribution in [0.4, 0.5) is 0 Å². The van der Waals surface area contributed by atoms with E-state index in [2.05, 4.69) is 48.2 Å². The standard InChI is InChI=1S/C20H18BrN5O3S/c1-4-12-5-14(7-17-18(12)25-11(2)30-17)29-19(20-26-23-10-28-20)16-6-13(8-24-27-3)15(21)9-22-16/h5-10,19H,4H2,1-3H3/b24-8+. The van der Waals surface area contributed by atoms with Gasteiger partial charge in [0.2, 0.25) is 12.5 Å². The molecule has 8 nitrogen and oxygen atoms in total. The first kappa shape index (κ1) is 20.4. The van der Waals surface area contributed by atoms with Gasteiger partial charge >= 0.3 is 0 Å². The van der Waals surface area contributed by atoms with Gasteiger partial charge in [0.25, 0.3) is 5.89 Å². The second-order valence-electron chi connectivity index (χ2n) is 6.34. The number of fused-ring (bicyclic) bond motifs is 1. The monoisotopic (exact) mass is 487 g/mol. The number of ether oxygens (including phenoxy) is 1. The van der Waals surface area contributed by atoms with Gasteiger partial charge in [0.15, 0.2) is 0 Å². The van der Waals surface area contributed by atoms with Gasteiger partial charge in [-0.3, -0.25) is 4.98 Å². The minimum absolute atomic E-state index is 0.304. The maximum absolute atomic E-state index is 6.33. The van der Waals surface area contributed by atoms with Crippen molar-refractivity contribution in [2.24, 2.45) is 5.16 Å². The molecule has 30 heavy (non-hydrogen) atoms. The molecule has 4 aromatic rings. The summed E-state index contributed by atoms with van der Waals surface area (Å²) in [6.45, 7) is 4.10. The van der Waals surface area contributed by atoms with Crippen LogP contribution in [0.5, 0.6) is 5.75 Å². The Morgan fingerprint density at radius 3 is 2.93 bits per heavy atom. The van der Waals surface area contributed by atoms with Crippen molar-refractivity contribution in [3.05, 3.63) is 63.0 Å². The molecule has 0 saturated heterocycles. The highest BCUT2D eigenvalue weighted by molar-refractivity contribution is 9.10. The molecule has 1 aromatic carbocycles. The Hall–Kier alpha value is -2.85. The lowest BCUT2D eigenvalue weighted by molar-refractivity contribution is 0.203. The van der Waals surface area contributed by atoms with E-state index in [1.165, 1.54) is 13.5 Å². The lowest BCUT2D eigenvalue weighted by Gasteiger charge is -2.17. The molecule has 3 aromatic heterocycles. The van der Waals surface area contributed by atoms with Crippen LogP contribution in [0, 0.1) is 6.92 Å². The predicted molar refractivity (Wildman–Crippen MR) is 117 cm³/mol. The smallest absolute Gasteiger partial charge is 0.263 e. The maximum Gasteiger partial charge on any atom is 0.263 e. The van der Waals surface area contributed by atoms with Crippen molar-refractivity contribution in [3.8, 4) is 5.75 Å². The molecule has 0 fully saturated rings. The van der Waals surface area contributed by atoms with Gasteiger partial charge in [0.1, 0.15) is 12.9 Å². The van der Waals surface area contributed by atoms with Crippen LogP contribution in [0.15, 0.2) is 44.8 Å². The third kappa shape index (κ3) is 4.19. The van der Waals surface area contributed by atoms with Crippen LogP contribution in [-0.4, -0.2) is 33.5 Å². The van der Waals surface area contributed by atoms with E-state index in [9.17, 15) is 0 Å². The average Bonchev–Trinajstić information content (AvgIpc) is 3.40. The summed E-state index contributed by atoms with van der Waals surface area (Å²) in [6.07, 6.45) is 4.68. The minimum atomic E-state index is -0.688. The highest BCUT2D eigenvalue weighted by Crippen LogP contribution is 2.34. The van der Waals surface area contributed by atoms with Crippen LogP contribution < -0.4 is 4.74 Å². The van der Waals surface area contributed by atoms with Gasteiger partial charge in [-0.2, -0.15) is 0 Å². The van der Waals surface area contributed by atoms with Crippen LogP contribution in [0.3, 0.4) is 0 Å². The molecular formula is C20H18BrN5O3S. The number of nitrogens with zero attached hydrogens (tertiary/aromatic N) is 5. The molecule has 1 atom stereocenters. The number of halogens is 1. The number of benzene rings is 1. The molecule has 4 rings (SSSR count). The van der Waals surface area contributed by atoms with E-state index < -0.39 is 6.10 Å². The third-order valence-corrected chi connectivity index (χ3v) is 5.94. The zero-order valence-corrected chi connectivity index (χ0v) is 18.9. The van der Waals surface area contributed by atoms with Crippen LogP contribution in [0.2, 0.25) is 0 Å². The summed E-state index contributed by atoms with van der Waals surface area (Å²) < 4.78 is 13.6. The van der Waals surface area contributed by atoms with Gasteiger partial charge < -0.3 is 14.0 Å². The maximum atomic E-state index is 6.33. The average molecular weight is 488 g/mol. The molecule has 0 radical (unpaired) electrons. The van der Waals surface area contributed by atoms with Crippen LogP contribution in [-0.2, 0) is 11.3 Å². The number of pyridine rings is 1. The largest absolute Gasteiger partial charge is 0.474 e. The normalized spacial score (nSPS) is 12.5. The molecule has 0 amide bonds. The number of hydrogen-bond acceptors (Lipinski definition) is 9. The Kier molecular flexibility index (Phi) is 6.05. The Labute approximate surface area is 185 Å². The molecule has 0 spiro atoms. The van der Waals surface area contributed by atoms with Crippen LogP contribution >= 0.6 is 27.3 Å². The molecule has 0 aliphatic heterocycles. The minimum Gasteiger partial charge on any atom is -0.474 e. The molecular weight excluding hydrogens is 470 g/mol. The first-order chi connectivity index (χ1) is 14.6. The number of aryl methyl sites for hydroxylation is 2. The molecule has 0 N–H and O–H groups in total. The first-order valence-corrected chi connectivity index (χ1v) is 10.7. The summed E-state index contributed by atoms with van der Waals surface area (Å²) in [6, 6.07) is 5.81. The summed E-state index contributed by atoms with van der Waals surface area (Å²) in [7, 11) is 1.49. The Bertz CT molecular complexity index is 1190. The zero-order valence-electron chi connectivity index (χ0n) is 16.5.